The minimum Gasteiger partial charge on any atom is -0.348 e. The summed E-state index contributed by atoms with van der Waals surface area (Å²) in [5, 5.41) is 5.14. The molecule has 24 heavy (non-hydrogen) atoms. The van der Waals surface area contributed by atoms with Gasteiger partial charge in [-0.2, -0.15) is 0 Å². The summed E-state index contributed by atoms with van der Waals surface area (Å²) in [4.78, 5) is 10.6. The van der Waals surface area contributed by atoms with Crippen molar-refractivity contribution in [2.75, 3.05) is 18.4 Å². The van der Waals surface area contributed by atoms with Gasteiger partial charge in [-0.05, 0) is 42.4 Å². The molecule has 0 unspecified atom stereocenters. The van der Waals surface area contributed by atoms with Gasteiger partial charge >= 0.3 is 0 Å². The Bertz CT molecular complexity index is 865. The van der Waals surface area contributed by atoms with E-state index in [1.807, 2.05) is 24.4 Å². The second-order valence-electron chi connectivity index (χ2n) is 6.07. The van der Waals surface area contributed by atoms with E-state index in [1.165, 1.54) is 5.56 Å². The van der Waals surface area contributed by atoms with Crippen molar-refractivity contribution in [3.05, 3.63) is 66.6 Å². The largest absolute Gasteiger partial charge is 0.348 e. The lowest BCUT2D eigenvalue weighted by Crippen LogP contribution is -2.32. The highest BCUT2D eigenvalue weighted by Crippen LogP contribution is 2.27. The number of nitrogens with one attached hydrogen (secondary N) is 1. The molecule has 0 saturated carbocycles. The van der Waals surface area contributed by atoms with Crippen LogP contribution < -0.4 is 5.32 Å². The summed E-state index contributed by atoms with van der Waals surface area (Å²) in [6, 6.07) is 16.7. The Morgan fingerprint density at radius 2 is 2.04 bits per heavy atom. The van der Waals surface area contributed by atoms with Gasteiger partial charge in [0.25, 0.3) is 0 Å². The molecule has 0 spiro atoms. The summed E-state index contributed by atoms with van der Waals surface area (Å²) in [7, 11) is 0. The van der Waals surface area contributed by atoms with Crippen molar-refractivity contribution < 1.29 is 0 Å². The van der Waals surface area contributed by atoms with Gasteiger partial charge in [-0.3, -0.25) is 0 Å². The number of thiocarbonyl (C=S) groups is 1. The SMILES string of the molecule is S=C(Nc1ccc2ncncc2c1)N1CC[C@H](c2ccccc2)C1. The third-order valence-corrected chi connectivity index (χ3v) is 4.86. The molecule has 1 aliphatic rings. The molecule has 4 nitrogen and oxygen atoms in total. The smallest absolute Gasteiger partial charge is 0.173 e. The molecule has 0 radical (unpaired) electrons. The van der Waals surface area contributed by atoms with Crippen LogP contribution in [-0.4, -0.2) is 33.1 Å². The molecule has 1 aliphatic heterocycles. The molecule has 1 saturated heterocycles. The van der Waals surface area contributed by atoms with Gasteiger partial charge in [0.1, 0.15) is 6.33 Å². The standard InChI is InChI=1S/C19H18N4S/c24-19(22-17-6-7-18-16(10-17)11-20-13-21-18)23-9-8-15(12-23)14-4-2-1-3-5-14/h1-7,10-11,13,15H,8-9,12H2,(H,22,24)/t15-/m0/s1. The van der Waals surface area contributed by atoms with Gasteiger partial charge in [0.15, 0.2) is 5.11 Å². The minimum absolute atomic E-state index is 0.552. The molecule has 120 valence electrons. The van der Waals surface area contributed by atoms with Crippen molar-refractivity contribution in [2.24, 2.45) is 0 Å². The van der Waals surface area contributed by atoms with Crippen LogP contribution in [0.4, 0.5) is 5.69 Å². The summed E-state index contributed by atoms with van der Waals surface area (Å²) in [5.74, 6) is 0.552. The number of anilines is 1. The number of nitrogens with zero attached hydrogens (tertiary/aromatic N) is 3. The van der Waals surface area contributed by atoms with Crippen LogP contribution in [-0.2, 0) is 0 Å². The zero-order valence-electron chi connectivity index (χ0n) is 13.2. The van der Waals surface area contributed by atoms with Crippen LogP contribution in [0.2, 0.25) is 0 Å². The van der Waals surface area contributed by atoms with Gasteiger partial charge in [0.05, 0.1) is 5.52 Å². The number of aromatic nitrogens is 2. The predicted molar refractivity (Wildman–Crippen MR) is 101 cm³/mol. The Kier molecular flexibility index (Phi) is 4.09. The number of hydrogen-bond acceptors (Lipinski definition) is 3. The van der Waals surface area contributed by atoms with Crippen molar-refractivity contribution in [1.29, 1.82) is 0 Å². The van der Waals surface area contributed by atoms with E-state index in [9.17, 15) is 0 Å². The zero-order chi connectivity index (χ0) is 16.4. The normalized spacial score (nSPS) is 17.2. The lowest BCUT2D eigenvalue weighted by atomic mass is 9.99. The first kappa shape index (κ1) is 15.0. The highest BCUT2D eigenvalue weighted by molar-refractivity contribution is 7.80. The Balaban J connectivity index is 1.44. The second kappa shape index (κ2) is 6.53. The maximum absolute atomic E-state index is 5.60. The fourth-order valence-corrected chi connectivity index (χ4v) is 3.49. The maximum Gasteiger partial charge on any atom is 0.173 e. The summed E-state index contributed by atoms with van der Waals surface area (Å²) in [6.45, 7) is 1.95. The molecule has 1 atom stereocenters. The van der Waals surface area contributed by atoms with E-state index >= 15 is 0 Å². The lowest BCUT2D eigenvalue weighted by Gasteiger charge is -2.21. The predicted octanol–water partition coefficient (Wildman–Crippen LogP) is 3.82. The van der Waals surface area contributed by atoms with E-state index in [0.717, 1.165) is 41.2 Å². The highest BCUT2D eigenvalue weighted by atomic mass is 32.1. The fourth-order valence-electron chi connectivity index (χ4n) is 3.21. The van der Waals surface area contributed by atoms with Crippen molar-refractivity contribution >= 4 is 33.9 Å². The van der Waals surface area contributed by atoms with Crippen LogP contribution in [0.3, 0.4) is 0 Å². The Morgan fingerprint density at radius 3 is 2.92 bits per heavy atom. The minimum atomic E-state index is 0.552. The van der Waals surface area contributed by atoms with E-state index in [4.69, 9.17) is 12.2 Å². The van der Waals surface area contributed by atoms with Gasteiger partial charge in [-0.15, -0.1) is 0 Å². The van der Waals surface area contributed by atoms with Crippen LogP contribution in [0.1, 0.15) is 17.9 Å². The van der Waals surface area contributed by atoms with Crippen molar-refractivity contribution in [3.8, 4) is 0 Å². The first-order valence-corrected chi connectivity index (χ1v) is 8.51. The molecule has 2 heterocycles. The molecule has 2 aromatic carbocycles. The Hall–Kier alpha value is -2.53. The van der Waals surface area contributed by atoms with Crippen LogP contribution in [0.15, 0.2) is 61.1 Å². The number of benzene rings is 2. The van der Waals surface area contributed by atoms with Gasteiger partial charge < -0.3 is 10.2 Å². The maximum atomic E-state index is 5.60. The zero-order valence-corrected chi connectivity index (χ0v) is 14.0. The van der Waals surface area contributed by atoms with Crippen LogP contribution in [0.25, 0.3) is 10.9 Å². The Morgan fingerprint density at radius 1 is 1.17 bits per heavy atom. The number of fused-ring (bicyclic) bond motifs is 1. The molecule has 3 aromatic rings. The Labute approximate surface area is 146 Å². The highest BCUT2D eigenvalue weighted by Gasteiger charge is 2.25. The van der Waals surface area contributed by atoms with E-state index in [2.05, 4.69) is 50.5 Å². The topological polar surface area (TPSA) is 41.1 Å². The number of rotatable bonds is 2. The van der Waals surface area contributed by atoms with Gasteiger partial charge in [-0.1, -0.05) is 30.3 Å². The molecular formula is C19H18N4S. The summed E-state index contributed by atoms with van der Waals surface area (Å²) in [5.41, 5.74) is 3.31. The van der Waals surface area contributed by atoms with E-state index in [-0.39, 0.29) is 0 Å². The van der Waals surface area contributed by atoms with Gasteiger partial charge in [-0.25, -0.2) is 9.97 Å². The van der Waals surface area contributed by atoms with E-state index < -0.39 is 0 Å². The molecule has 1 aromatic heterocycles. The van der Waals surface area contributed by atoms with Gasteiger partial charge in [0.2, 0.25) is 0 Å². The summed E-state index contributed by atoms with van der Waals surface area (Å²) in [6.07, 6.45) is 4.52. The average molecular weight is 334 g/mol. The fraction of sp³-hybridized carbons (Fsp3) is 0.211. The quantitative estimate of drug-likeness (QED) is 0.722. The second-order valence-corrected chi connectivity index (χ2v) is 6.46. The van der Waals surface area contributed by atoms with E-state index in [0.29, 0.717) is 5.92 Å². The molecule has 0 aliphatic carbocycles. The average Bonchev–Trinajstić information content (AvgIpc) is 3.13. The van der Waals surface area contributed by atoms with Crippen molar-refractivity contribution in [1.82, 2.24) is 14.9 Å². The number of hydrogen-bond donors (Lipinski definition) is 1. The molecule has 5 heteroatoms. The van der Waals surface area contributed by atoms with Gasteiger partial charge in [0, 0.05) is 36.3 Å². The third-order valence-electron chi connectivity index (χ3n) is 4.50. The molecule has 0 bridgehead atoms. The third kappa shape index (κ3) is 3.08. The molecule has 4 rings (SSSR count). The number of likely N-dealkylation sites (tertiary alicyclic amines) is 1. The van der Waals surface area contributed by atoms with E-state index in [1.54, 1.807) is 6.33 Å². The van der Waals surface area contributed by atoms with Crippen LogP contribution >= 0.6 is 12.2 Å². The van der Waals surface area contributed by atoms with Crippen molar-refractivity contribution in [3.63, 3.8) is 0 Å². The van der Waals surface area contributed by atoms with Crippen molar-refractivity contribution in [2.45, 2.75) is 12.3 Å². The molecule has 1 N–H and O–H groups in total. The first-order valence-electron chi connectivity index (χ1n) is 8.10. The summed E-state index contributed by atoms with van der Waals surface area (Å²) < 4.78 is 0. The monoisotopic (exact) mass is 334 g/mol. The molecule has 0 amide bonds. The first-order chi connectivity index (χ1) is 11.8. The molecular weight excluding hydrogens is 316 g/mol. The lowest BCUT2D eigenvalue weighted by molar-refractivity contribution is 0.518. The van der Waals surface area contributed by atoms with Crippen LogP contribution in [0, 0.1) is 0 Å². The molecule has 1 fully saturated rings. The van der Waals surface area contributed by atoms with Crippen LogP contribution in [0.5, 0.6) is 0 Å². The summed E-state index contributed by atoms with van der Waals surface area (Å²) >= 11 is 5.60.